The molecule has 0 saturated carbocycles. The van der Waals surface area contributed by atoms with E-state index in [9.17, 15) is 9.59 Å². The third kappa shape index (κ3) is 4.63. The monoisotopic (exact) mass is 513 g/mol. The number of hydrogen-bond donors (Lipinski definition) is 1. The average Bonchev–Trinajstić information content (AvgIpc) is 3.68. The molecule has 1 N–H and O–H groups in total. The normalized spacial score (nSPS) is 11.1. The Morgan fingerprint density at radius 1 is 1.11 bits per heavy atom. The Morgan fingerprint density at radius 2 is 1.92 bits per heavy atom. The number of hydrogen-bond acceptors (Lipinski definition) is 8. The molecular formula is C26H27N9O3. The predicted octanol–water partition coefficient (Wildman–Crippen LogP) is 2.79. The van der Waals surface area contributed by atoms with E-state index in [2.05, 4.69) is 37.6 Å². The van der Waals surface area contributed by atoms with Gasteiger partial charge >= 0.3 is 11.7 Å². The van der Waals surface area contributed by atoms with Crippen LogP contribution in [-0.2, 0) is 24.8 Å². The number of aryl methyl sites for hydroxylation is 2. The van der Waals surface area contributed by atoms with E-state index in [1.807, 2.05) is 36.4 Å². The Balaban J connectivity index is 1.50. The Morgan fingerprint density at radius 3 is 2.61 bits per heavy atom. The average molecular weight is 514 g/mol. The van der Waals surface area contributed by atoms with Crippen LogP contribution in [0.5, 0.6) is 0 Å². The standard InChI is InChI=1S/C26H27N9O3/c1-4-5-8-18-16-35(24-21(25(36)38-3)14-28-33(24)2)26(37)34(18)15-17-11-12-22(27-13-17)19-9-6-7-10-20(19)23-29-31-32-30-23/h6-7,9-14,16H,4-5,8,15H2,1-3H3,(H,29,30,31,32). The third-order valence-corrected chi connectivity index (χ3v) is 6.36. The molecule has 0 atom stereocenters. The molecule has 0 radical (unpaired) electrons. The van der Waals surface area contributed by atoms with Gasteiger partial charge in [-0.25, -0.2) is 14.7 Å². The minimum absolute atomic E-state index is 0.225. The van der Waals surface area contributed by atoms with Crippen LogP contribution in [0.15, 0.2) is 59.8 Å². The van der Waals surface area contributed by atoms with Crippen molar-refractivity contribution in [2.45, 2.75) is 32.7 Å². The maximum atomic E-state index is 13.6. The van der Waals surface area contributed by atoms with E-state index in [4.69, 9.17) is 4.74 Å². The van der Waals surface area contributed by atoms with Gasteiger partial charge in [0.15, 0.2) is 11.6 Å². The number of esters is 1. The number of imidazole rings is 1. The molecule has 4 heterocycles. The number of nitrogens with one attached hydrogen (secondary N) is 1. The van der Waals surface area contributed by atoms with Gasteiger partial charge in [0.25, 0.3) is 0 Å². The van der Waals surface area contributed by atoms with Crippen molar-refractivity contribution in [3.63, 3.8) is 0 Å². The van der Waals surface area contributed by atoms with E-state index in [0.717, 1.165) is 40.9 Å². The van der Waals surface area contributed by atoms with Crippen molar-refractivity contribution in [2.75, 3.05) is 7.11 Å². The van der Waals surface area contributed by atoms with Gasteiger partial charge in [-0.15, -0.1) is 5.10 Å². The predicted molar refractivity (Wildman–Crippen MR) is 139 cm³/mol. The fraction of sp³-hybridized carbons (Fsp3) is 0.269. The first-order chi connectivity index (χ1) is 18.5. The maximum Gasteiger partial charge on any atom is 0.343 e. The van der Waals surface area contributed by atoms with E-state index < -0.39 is 5.97 Å². The van der Waals surface area contributed by atoms with Crippen LogP contribution in [0.1, 0.15) is 41.4 Å². The van der Waals surface area contributed by atoms with Crippen molar-refractivity contribution < 1.29 is 9.53 Å². The van der Waals surface area contributed by atoms with Gasteiger partial charge in [-0.05, 0) is 34.9 Å². The summed E-state index contributed by atoms with van der Waals surface area (Å²) in [5.74, 6) is 0.371. The Kier molecular flexibility index (Phi) is 6.94. The van der Waals surface area contributed by atoms with Crippen molar-refractivity contribution in [1.82, 2.24) is 44.5 Å². The van der Waals surface area contributed by atoms with Gasteiger partial charge in [-0.3, -0.25) is 18.8 Å². The number of methoxy groups -OCH3 is 1. The minimum Gasteiger partial charge on any atom is -0.465 e. The number of H-pyrrole nitrogens is 1. The highest BCUT2D eigenvalue weighted by atomic mass is 16.5. The minimum atomic E-state index is -0.552. The topological polar surface area (TPSA) is 138 Å². The number of rotatable bonds is 9. The van der Waals surface area contributed by atoms with Crippen LogP contribution in [0, 0.1) is 0 Å². The van der Waals surface area contributed by atoms with Gasteiger partial charge in [-0.1, -0.05) is 43.7 Å². The maximum absolute atomic E-state index is 13.6. The highest BCUT2D eigenvalue weighted by Gasteiger charge is 2.22. The number of tetrazole rings is 1. The van der Waals surface area contributed by atoms with E-state index in [1.54, 1.807) is 24.0 Å². The first kappa shape index (κ1) is 24.8. The fourth-order valence-electron chi connectivity index (χ4n) is 4.42. The third-order valence-electron chi connectivity index (χ3n) is 6.36. The summed E-state index contributed by atoms with van der Waals surface area (Å²) in [6.45, 7) is 2.43. The Hall–Kier alpha value is -4.87. The summed E-state index contributed by atoms with van der Waals surface area (Å²) in [6.07, 6.45) is 7.57. The molecule has 0 aliphatic carbocycles. The van der Waals surface area contributed by atoms with Crippen LogP contribution in [0.2, 0.25) is 0 Å². The number of pyridine rings is 1. The SMILES string of the molecule is CCCCc1cn(-c2c(C(=O)OC)cnn2C)c(=O)n1Cc1ccc(-c2ccccc2-c2nnn[nH]2)nc1. The molecule has 0 fully saturated rings. The van der Waals surface area contributed by atoms with E-state index >= 15 is 0 Å². The highest BCUT2D eigenvalue weighted by molar-refractivity contribution is 5.92. The lowest BCUT2D eigenvalue weighted by Gasteiger charge is -2.09. The number of benzene rings is 1. The van der Waals surface area contributed by atoms with Gasteiger partial charge in [0.2, 0.25) is 0 Å². The van der Waals surface area contributed by atoms with Crippen molar-refractivity contribution in [3.05, 3.63) is 82.3 Å². The highest BCUT2D eigenvalue weighted by Crippen LogP contribution is 2.28. The van der Waals surface area contributed by atoms with Gasteiger partial charge in [0.05, 0.1) is 25.5 Å². The van der Waals surface area contributed by atoms with Gasteiger partial charge in [-0.2, -0.15) is 5.10 Å². The number of unbranched alkanes of at least 4 members (excludes halogenated alkanes) is 1. The van der Waals surface area contributed by atoms with Gasteiger partial charge in [0.1, 0.15) is 5.56 Å². The largest absolute Gasteiger partial charge is 0.465 e. The van der Waals surface area contributed by atoms with Crippen molar-refractivity contribution in [2.24, 2.45) is 7.05 Å². The molecule has 0 saturated heterocycles. The fourth-order valence-corrected chi connectivity index (χ4v) is 4.42. The molecule has 5 rings (SSSR count). The Labute approximate surface area is 217 Å². The lowest BCUT2D eigenvalue weighted by atomic mass is 10.0. The lowest BCUT2D eigenvalue weighted by molar-refractivity contribution is 0.0600. The summed E-state index contributed by atoms with van der Waals surface area (Å²) in [5.41, 5.74) is 4.17. The number of carbonyl (C=O) groups excluding carboxylic acids is 1. The van der Waals surface area contributed by atoms with E-state index in [1.165, 1.54) is 22.6 Å². The molecule has 0 aliphatic rings. The lowest BCUT2D eigenvalue weighted by Crippen LogP contribution is -2.27. The zero-order chi connectivity index (χ0) is 26.6. The molecule has 194 valence electrons. The molecular weight excluding hydrogens is 486 g/mol. The van der Waals surface area contributed by atoms with E-state index in [-0.39, 0.29) is 11.3 Å². The molecule has 38 heavy (non-hydrogen) atoms. The second kappa shape index (κ2) is 10.6. The molecule has 0 amide bonds. The number of nitrogens with zero attached hydrogens (tertiary/aromatic N) is 8. The van der Waals surface area contributed by atoms with Gasteiger partial charge in [0, 0.05) is 36.3 Å². The molecule has 4 aromatic heterocycles. The molecule has 0 aliphatic heterocycles. The summed E-state index contributed by atoms with van der Waals surface area (Å²) in [4.78, 5) is 30.6. The molecule has 5 aromatic rings. The molecule has 12 heteroatoms. The second-order valence-electron chi connectivity index (χ2n) is 8.81. The quantitative estimate of drug-likeness (QED) is 0.297. The van der Waals surface area contributed by atoms with Gasteiger partial charge < -0.3 is 4.74 Å². The smallest absolute Gasteiger partial charge is 0.343 e. The van der Waals surface area contributed by atoms with Crippen LogP contribution >= 0.6 is 0 Å². The number of aromatic amines is 1. The molecule has 12 nitrogen and oxygen atoms in total. The van der Waals surface area contributed by atoms with E-state index in [0.29, 0.717) is 24.6 Å². The number of ether oxygens (including phenoxy) is 1. The van der Waals surface area contributed by atoms with Crippen LogP contribution < -0.4 is 5.69 Å². The van der Waals surface area contributed by atoms with Crippen LogP contribution in [0.3, 0.4) is 0 Å². The first-order valence-electron chi connectivity index (χ1n) is 12.2. The molecule has 0 bridgehead atoms. The van der Waals surface area contributed by atoms with Crippen LogP contribution in [-0.4, -0.2) is 57.6 Å². The summed E-state index contributed by atoms with van der Waals surface area (Å²) >= 11 is 0. The first-order valence-corrected chi connectivity index (χ1v) is 12.2. The Bertz CT molecular complexity index is 1610. The molecule has 0 spiro atoms. The van der Waals surface area contributed by atoms with Crippen molar-refractivity contribution in [3.8, 4) is 28.5 Å². The van der Waals surface area contributed by atoms with Crippen LogP contribution in [0.4, 0.5) is 0 Å². The summed E-state index contributed by atoms with van der Waals surface area (Å²) in [6, 6.07) is 11.6. The molecule has 0 unspecified atom stereocenters. The van der Waals surface area contributed by atoms with Crippen molar-refractivity contribution in [1.29, 1.82) is 0 Å². The zero-order valence-electron chi connectivity index (χ0n) is 21.3. The number of aromatic nitrogens is 9. The molecule has 1 aromatic carbocycles. The summed E-state index contributed by atoms with van der Waals surface area (Å²) in [7, 11) is 2.99. The summed E-state index contributed by atoms with van der Waals surface area (Å²) in [5, 5.41) is 18.3. The summed E-state index contributed by atoms with van der Waals surface area (Å²) < 4.78 is 9.58. The second-order valence-corrected chi connectivity index (χ2v) is 8.81. The van der Waals surface area contributed by atoms with Crippen LogP contribution in [0.25, 0.3) is 28.5 Å². The zero-order valence-corrected chi connectivity index (χ0v) is 21.3. The number of carbonyl (C=O) groups is 1. The van der Waals surface area contributed by atoms with Crippen molar-refractivity contribution >= 4 is 5.97 Å².